The smallest absolute Gasteiger partial charge is 0.184 e. The van der Waals surface area contributed by atoms with Crippen LogP contribution >= 0.6 is 11.3 Å². The van der Waals surface area contributed by atoms with Crippen LogP contribution < -0.4 is 10.1 Å². The number of thiazole rings is 1. The number of benzene rings is 1. The molecule has 1 atom stereocenters. The van der Waals surface area contributed by atoms with Crippen molar-refractivity contribution in [1.82, 2.24) is 4.98 Å². The van der Waals surface area contributed by atoms with E-state index in [2.05, 4.69) is 10.3 Å². The Balaban J connectivity index is 2.17. The van der Waals surface area contributed by atoms with Gasteiger partial charge in [0, 0.05) is 12.3 Å². The Morgan fingerprint density at radius 1 is 1.47 bits per heavy atom. The summed E-state index contributed by atoms with van der Waals surface area (Å²) in [6, 6.07) is 5.49. The lowest BCUT2D eigenvalue weighted by molar-refractivity contribution is 0.415. The normalized spacial score (nSPS) is 13.4. The molecule has 1 aromatic heterocycles. The second-order valence-electron chi connectivity index (χ2n) is 4.49. The highest BCUT2D eigenvalue weighted by atomic mass is 32.2. The first-order valence-electron chi connectivity index (χ1n) is 5.76. The molecule has 0 aliphatic heterocycles. The molecule has 7 heteroatoms. The number of sulfone groups is 1. The van der Waals surface area contributed by atoms with E-state index in [1.807, 2.05) is 25.1 Å². The zero-order valence-electron chi connectivity index (χ0n) is 11.0. The van der Waals surface area contributed by atoms with Crippen molar-refractivity contribution in [2.24, 2.45) is 0 Å². The second-order valence-corrected chi connectivity index (χ2v) is 7.71. The molecule has 104 valence electrons. The number of methoxy groups -OCH3 is 1. The number of aromatic nitrogens is 1. The van der Waals surface area contributed by atoms with Gasteiger partial charge in [-0.05, 0) is 25.1 Å². The number of nitrogens with zero attached hydrogens (tertiary/aromatic N) is 1. The van der Waals surface area contributed by atoms with Gasteiger partial charge in [-0.25, -0.2) is 13.4 Å². The van der Waals surface area contributed by atoms with Gasteiger partial charge in [0.25, 0.3) is 0 Å². The Morgan fingerprint density at radius 3 is 2.84 bits per heavy atom. The number of fused-ring (bicyclic) bond motifs is 1. The van der Waals surface area contributed by atoms with Gasteiger partial charge in [0.1, 0.15) is 15.6 Å². The van der Waals surface area contributed by atoms with Gasteiger partial charge < -0.3 is 10.1 Å². The van der Waals surface area contributed by atoms with E-state index >= 15 is 0 Å². The molecule has 0 aliphatic carbocycles. The Bertz CT molecular complexity index is 679. The van der Waals surface area contributed by atoms with Crippen molar-refractivity contribution in [1.29, 1.82) is 0 Å². The summed E-state index contributed by atoms with van der Waals surface area (Å²) < 4.78 is 28.6. The monoisotopic (exact) mass is 300 g/mol. The van der Waals surface area contributed by atoms with E-state index in [-0.39, 0.29) is 11.8 Å². The zero-order valence-corrected chi connectivity index (χ0v) is 12.6. The van der Waals surface area contributed by atoms with E-state index in [0.29, 0.717) is 0 Å². The van der Waals surface area contributed by atoms with Crippen LogP contribution in [0.5, 0.6) is 5.75 Å². The van der Waals surface area contributed by atoms with Crippen molar-refractivity contribution in [3.8, 4) is 5.75 Å². The Hall–Kier alpha value is -1.34. The third-order valence-corrected chi connectivity index (χ3v) is 4.57. The van der Waals surface area contributed by atoms with Gasteiger partial charge in [-0.3, -0.25) is 0 Å². The minimum absolute atomic E-state index is 0.0895. The van der Waals surface area contributed by atoms with E-state index in [0.717, 1.165) is 21.1 Å². The van der Waals surface area contributed by atoms with Crippen LogP contribution in [0.3, 0.4) is 0 Å². The predicted molar refractivity (Wildman–Crippen MR) is 79.0 cm³/mol. The van der Waals surface area contributed by atoms with Crippen molar-refractivity contribution >= 4 is 36.5 Å². The van der Waals surface area contributed by atoms with Gasteiger partial charge in [-0.2, -0.15) is 0 Å². The first kappa shape index (κ1) is 14.1. The molecular weight excluding hydrogens is 284 g/mol. The SMILES string of the molecule is COc1ccc2nc(NC(C)CS(C)(=O)=O)sc2c1. The molecule has 2 rings (SSSR count). The molecule has 5 nitrogen and oxygen atoms in total. The van der Waals surface area contributed by atoms with E-state index < -0.39 is 9.84 Å². The molecule has 0 saturated carbocycles. The number of anilines is 1. The summed E-state index contributed by atoms with van der Waals surface area (Å²) in [4.78, 5) is 4.42. The number of rotatable bonds is 5. The summed E-state index contributed by atoms with van der Waals surface area (Å²) in [5.74, 6) is 0.874. The lowest BCUT2D eigenvalue weighted by Crippen LogP contribution is -2.24. The molecule has 0 amide bonds. The van der Waals surface area contributed by atoms with Crippen LogP contribution in [0.15, 0.2) is 18.2 Å². The average Bonchev–Trinajstić information content (AvgIpc) is 2.66. The van der Waals surface area contributed by atoms with Crippen molar-refractivity contribution in [3.63, 3.8) is 0 Å². The molecule has 19 heavy (non-hydrogen) atoms. The summed E-state index contributed by atoms with van der Waals surface area (Å²) in [7, 11) is -1.37. The molecule has 2 aromatic rings. The molecule has 0 radical (unpaired) electrons. The largest absolute Gasteiger partial charge is 0.497 e. The molecule has 1 heterocycles. The fourth-order valence-electron chi connectivity index (χ4n) is 1.80. The Kier molecular flexibility index (Phi) is 3.96. The number of hydrogen-bond donors (Lipinski definition) is 1. The Labute approximate surface area is 116 Å². The molecule has 0 bridgehead atoms. The number of ether oxygens (including phenoxy) is 1. The lowest BCUT2D eigenvalue weighted by atomic mass is 10.3. The van der Waals surface area contributed by atoms with E-state index in [9.17, 15) is 8.42 Å². The first-order chi connectivity index (χ1) is 8.87. The number of hydrogen-bond acceptors (Lipinski definition) is 6. The highest BCUT2D eigenvalue weighted by Crippen LogP contribution is 2.29. The van der Waals surface area contributed by atoms with Crippen LogP contribution in [0, 0.1) is 0 Å². The van der Waals surface area contributed by atoms with Crippen molar-refractivity contribution in [2.45, 2.75) is 13.0 Å². The molecular formula is C12H16N2O3S2. The predicted octanol–water partition coefficient (Wildman–Crippen LogP) is 2.15. The van der Waals surface area contributed by atoms with Gasteiger partial charge in [0.05, 0.1) is 23.1 Å². The summed E-state index contributed by atoms with van der Waals surface area (Å²) >= 11 is 1.48. The maximum Gasteiger partial charge on any atom is 0.184 e. The standard InChI is InChI=1S/C12H16N2O3S2/c1-8(7-19(3,15)16)13-12-14-10-5-4-9(17-2)6-11(10)18-12/h4-6,8H,7H2,1-3H3,(H,13,14). The molecule has 0 saturated heterocycles. The number of nitrogens with one attached hydrogen (secondary N) is 1. The minimum Gasteiger partial charge on any atom is -0.497 e. The first-order valence-corrected chi connectivity index (χ1v) is 8.64. The molecule has 1 aromatic carbocycles. The summed E-state index contributed by atoms with van der Waals surface area (Å²) in [5, 5.41) is 3.83. The minimum atomic E-state index is -2.99. The van der Waals surface area contributed by atoms with Crippen molar-refractivity contribution < 1.29 is 13.2 Å². The highest BCUT2D eigenvalue weighted by molar-refractivity contribution is 7.90. The quantitative estimate of drug-likeness (QED) is 0.916. The summed E-state index contributed by atoms with van der Waals surface area (Å²) in [6.45, 7) is 1.83. The second kappa shape index (κ2) is 5.34. The van der Waals surface area contributed by atoms with Gasteiger partial charge in [0.15, 0.2) is 5.13 Å². The topological polar surface area (TPSA) is 68.3 Å². The van der Waals surface area contributed by atoms with Gasteiger partial charge in [-0.15, -0.1) is 0 Å². The molecule has 1 unspecified atom stereocenters. The van der Waals surface area contributed by atoms with Gasteiger partial charge >= 0.3 is 0 Å². The molecule has 0 fully saturated rings. The molecule has 0 aliphatic rings. The third-order valence-electron chi connectivity index (χ3n) is 2.52. The van der Waals surface area contributed by atoms with Gasteiger partial charge in [0.2, 0.25) is 0 Å². The molecule has 1 N–H and O–H groups in total. The van der Waals surface area contributed by atoms with Crippen LogP contribution in [0.2, 0.25) is 0 Å². The van der Waals surface area contributed by atoms with E-state index in [1.54, 1.807) is 7.11 Å². The van der Waals surface area contributed by atoms with Crippen LogP contribution in [-0.2, 0) is 9.84 Å². The van der Waals surface area contributed by atoms with Crippen LogP contribution in [0.4, 0.5) is 5.13 Å². The fraction of sp³-hybridized carbons (Fsp3) is 0.417. The fourth-order valence-corrected chi connectivity index (χ4v) is 3.80. The lowest BCUT2D eigenvalue weighted by Gasteiger charge is -2.10. The van der Waals surface area contributed by atoms with E-state index in [4.69, 9.17) is 4.74 Å². The zero-order chi connectivity index (χ0) is 14.0. The van der Waals surface area contributed by atoms with E-state index in [1.165, 1.54) is 17.6 Å². The van der Waals surface area contributed by atoms with Crippen LogP contribution in [-0.4, -0.2) is 38.6 Å². The molecule has 0 spiro atoms. The summed E-state index contributed by atoms with van der Waals surface area (Å²) in [5.41, 5.74) is 0.875. The third kappa shape index (κ3) is 3.81. The van der Waals surface area contributed by atoms with Crippen molar-refractivity contribution in [3.05, 3.63) is 18.2 Å². The summed E-state index contributed by atoms with van der Waals surface area (Å²) in [6.07, 6.45) is 1.23. The van der Waals surface area contributed by atoms with Crippen molar-refractivity contribution in [2.75, 3.05) is 24.4 Å². The Morgan fingerprint density at radius 2 is 2.21 bits per heavy atom. The van der Waals surface area contributed by atoms with Gasteiger partial charge in [-0.1, -0.05) is 11.3 Å². The van der Waals surface area contributed by atoms with Crippen LogP contribution in [0.25, 0.3) is 10.2 Å². The van der Waals surface area contributed by atoms with Crippen LogP contribution in [0.1, 0.15) is 6.92 Å². The average molecular weight is 300 g/mol. The maximum atomic E-state index is 11.2. The highest BCUT2D eigenvalue weighted by Gasteiger charge is 2.12. The maximum absolute atomic E-state index is 11.2.